The number of carbonyl (C=O) groups excluding carboxylic acids is 2. The van der Waals surface area contributed by atoms with Crippen LogP contribution in [0.15, 0.2) is 44.8 Å². The van der Waals surface area contributed by atoms with E-state index in [1.54, 1.807) is 19.1 Å². The van der Waals surface area contributed by atoms with Crippen molar-refractivity contribution in [2.24, 2.45) is 5.73 Å². The van der Waals surface area contributed by atoms with Crippen LogP contribution in [0, 0.1) is 11.3 Å². The first-order valence-electron chi connectivity index (χ1n) is 6.77. The number of nitrogens with two attached hydrogens (primary N) is 1. The number of nitriles is 1. The van der Waals surface area contributed by atoms with E-state index < -0.39 is 17.1 Å². The van der Waals surface area contributed by atoms with Crippen LogP contribution in [-0.4, -0.2) is 29.1 Å². The van der Waals surface area contributed by atoms with E-state index in [0.29, 0.717) is 10.8 Å². The normalized spacial score (nSPS) is 23.9. The van der Waals surface area contributed by atoms with E-state index in [1.165, 1.54) is 30.0 Å². The molecule has 0 saturated carbocycles. The molecule has 2 aliphatic heterocycles. The molecule has 1 saturated heterocycles. The second-order valence-corrected chi connectivity index (χ2v) is 6.33. The van der Waals surface area contributed by atoms with Gasteiger partial charge in [0, 0.05) is 0 Å². The Morgan fingerprint density at radius 1 is 1.57 bits per heavy atom. The average molecular weight is 331 g/mol. The van der Waals surface area contributed by atoms with Crippen LogP contribution in [0.1, 0.15) is 18.6 Å². The highest BCUT2D eigenvalue weighted by molar-refractivity contribution is 8.04. The number of nitrogens with zero attached hydrogens (tertiary/aromatic N) is 2. The van der Waals surface area contributed by atoms with Crippen LogP contribution in [0.2, 0.25) is 0 Å². The molecule has 2 aliphatic rings. The number of fused-ring (bicyclic) bond motifs is 1. The lowest BCUT2D eigenvalue weighted by Crippen LogP contribution is -2.37. The van der Waals surface area contributed by atoms with Crippen molar-refractivity contribution in [2.75, 3.05) is 7.11 Å². The Morgan fingerprint density at radius 2 is 2.30 bits per heavy atom. The van der Waals surface area contributed by atoms with Gasteiger partial charge in [0.05, 0.1) is 46.8 Å². The van der Waals surface area contributed by atoms with Crippen LogP contribution in [0.4, 0.5) is 0 Å². The van der Waals surface area contributed by atoms with Crippen LogP contribution in [0.3, 0.4) is 0 Å². The summed E-state index contributed by atoms with van der Waals surface area (Å²) in [5.41, 5.74) is 6.33. The van der Waals surface area contributed by atoms with Crippen molar-refractivity contribution in [3.05, 3.63) is 46.2 Å². The quantitative estimate of drug-likeness (QED) is 0.816. The second kappa shape index (κ2) is 5.52. The minimum Gasteiger partial charge on any atom is -0.468 e. The van der Waals surface area contributed by atoms with Gasteiger partial charge in [-0.1, -0.05) is 11.8 Å². The van der Waals surface area contributed by atoms with Crippen LogP contribution in [0.25, 0.3) is 0 Å². The molecule has 7 nitrogen and oxygen atoms in total. The van der Waals surface area contributed by atoms with E-state index in [0.717, 1.165) is 0 Å². The highest BCUT2D eigenvalue weighted by atomic mass is 32.2. The molecule has 0 unspecified atom stereocenters. The minimum atomic E-state index is -0.792. The summed E-state index contributed by atoms with van der Waals surface area (Å²) in [6.07, 6.45) is 1.45. The van der Waals surface area contributed by atoms with Crippen LogP contribution in [0.5, 0.6) is 0 Å². The van der Waals surface area contributed by atoms with Gasteiger partial charge in [0.25, 0.3) is 0 Å². The van der Waals surface area contributed by atoms with Crippen LogP contribution in [-0.2, 0) is 14.3 Å². The molecule has 0 radical (unpaired) electrons. The third-order valence-electron chi connectivity index (χ3n) is 3.74. The Balaban J connectivity index is 2.29. The molecule has 0 bridgehead atoms. The molecular formula is C15H13N3O4S. The van der Waals surface area contributed by atoms with Crippen molar-refractivity contribution in [3.63, 3.8) is 0 Å². The third kappa shape index (κ3) is 2.12. The Bertz CT molecular complexity index is 788. The summed E-state index contributed by atoms with van der Waals surface area (Å²) < 4.78 is 10.2. The van der Waals surface area contributed by atoms with Gasteiger partial charge >= 0.3 is 5.97 Å². The molecule has 1 aromatic heterocycles. The molecule has 3 rings (SSSR count). The van der Waals surface area contributed by atoms with Gasteiger partial charge in [-0.15, -0.1) is 0 Å². The van der Waals surface area contributed by atoms with E-state index in [1.807, 2.05) is 6.07 Å². The van der Waals surface area contributed by atoms with Crippen molar-refractivity contribution >= 4 is 23.6 Å². The number of hydrogen-bond donors (Lipinski definition) is 1. The van der Waals surface area contributed by atoms with E-state index in [-0.39, 0.29) is 22.9 Å². The highest BCUT2D eigenvalue weighted by Crippen LogP contribution is 2.49. The zero-order valence-corrected chi connectivity index (χ0v) is 13.2. The summed E-state index contributed by atoms with van der Waals surface area (Å²) in [5.74, 6) is -1.27. The number of hydrogen-bond acceptors (Lipinski definition) is 7. The van der Waals surface area contributed by atoms with Gasteiger partial charge in [-0.3, -0.25) is 9.69 Å². The number of esters is 1. The van der Waals surface area contributed by atoms with Gasteiger partial charge in [-0.2, -0.15) is 5.26 Å². The van der Waals surface area contributed by atoms with Gasteiger partial charge in [0.1, 0.15) is 11.6 Å². The molecule has 8 heteroatoms. The summed E-state index contributed by atoms with van der Waals surface area (Å²) in [5, 5.41) is 9.52. The molecular weight excluding hydrogens is 318 g/mol. The number of furan rings is 1. The Morgan fingerprint density at radius 3 is 2.87 bits per heavy atom. The molecule has 1 aromatic rings. The number of carbonyl (C=O) groups is 2. The van der Waals surface area contributed by atoms with Gasteiger partial charge in [-0.05, 0) is 19.1 Å². The SMILES string of the molecule is COC(=O)C1=C2S[C@H](C)C(=O)N2C(N)=C(C#N)[C@@H]1c1ccco1. The largest absolute Gasteiger partial charge is 0.468 e. The number of rotatable bonds is 2. The maximum Gasteiger partial charge on any atom is 0.337 e. The number of thioether (sulfide) groups is 1. The molecule has 2 atom stereocenters. The molecule has 118 valence electrons. The summed E-state index contributed by atoms with van der Waals surface area (Å²) in [6.45, 7) is 1.72. The van der Waals surface area contributed by atoms with Crippen LogP contribution < -0.4 is 5.73 Å². The first-order chi connectivity index (χ1) is 11.0. The molecule has 0 spiro atoms. The van der Waals surface area contributed by atoms with Crippen molar-refractivity contribution < 1.29 is 18.7 Å². The number of methoxy groups -OCH3 is 1. The van der Waals surface area contributed by atoms with E-state index in [9.17, 15) is 14.9 Å². The lowest BCUT2D eigenvalue weighted by molar-refractivity contribution is -0.136. The minimum absolute atomic E-state index is 0.0263. The van der Waals surface area contributed by atoms with Crippen molar-refractivity contribution in [3.8, 4) is 6.07 Å². The zero-order chi connectivity index (χ0) is 16.7. The zero-order valence-electron chi connectivity index (χ0n) is 12.4. The number of allylic oxidation sites excluding steroid dienone is 1. The molecule has 2 N–H and O–H groups in total. The predicted octanol–water partition coefficient (Wildman–Crippen LogP) is 1.42. The lowest BCUT2D eigenvalue weighted by atomic mass is 9.87. The van der Waals surface area contributed by atoms with E-state index >= 15 is 0 Å². The van der Waals surface area contributed by atoms with Gasteiger partial charge in [0.2, 0.25) is 5.91 Å². The summed E-state index contributed by atoms with van der Waals surface area (Å²) >= 11 is 1.22. The first kappa shape index (κ1) is 15.2. The smallest absolute Gasteiger partial charge is 0.337 e. The lowest BCUT2D eigenvalue weighted by Gasteiger charge is -2.30. The molecule has 0 aromatic carbocycles. The fraction of sp³-hybridized carbons (Fsp3) is 0.267. The molecule has 3 heterocycles. The molecule has 0 aliphatic carbocycles. The molecule has 23 heavy (non-hydrogen) atoms. The first-order valence-corrected chi connectivity index (χ1v) is 7.65. The summed E-state index contributed by atoms with van der Waals surface area (Å²) in [4.78, 5) is 25.9. The monoisotopic (exact) mass is 331 g/mol. The van der Waals surface area contributed by atoms with Gasteiger partial charge < -0.3 is 14.9 Å². The predicted molar refractivity (Wildman–Crippen MR) is 81.2 cm³/mol. The maximum atomic E-state index is 12.4. The Kier molecular flexibility index (Phi) is 3.66. The summed E-state index contributed by atoms with van der Waals surface area (Å²) in [6, 6.07) is 5.31. The third-order valence-corrected chi connectivity index (χ3v) is 4.92. The topological polar surface area (TPSA) is 110 Å². The standard InChI is InChI=1S/C15H13N3O4S/c1-7-13(19)18-12(17)8(6-16)10(9-4-3-5-22-9)11(14(18)23-7)15(20)21-2/h3-5,7,10H,17H2,1-2H3/t7-,10-/m1/s1. The van der Waals surface area contributed by atoms with Gasteiger partial charge in [0.15, 0.2) is 0 Å². The molecule has 1 amide bonds. The Hall–Kier alpha value is -2.66. The van der Waals surface area contributed by atoms with Gasteiger partial charge in [-0.25, -0.2) is 4.79 Å². The van der Waals surface area contributed by atoms with Crippen molar-refractivity contribution in [1.82, 2.24) is 4.90 Å². The van der Waals surface area contributed by atoms with E-state index in [4.69, 9.17) is 14.9 Å². The number of ether oxygens (including phenoxy) is 1. The van der Waals surface area contributed by atoms with Crippen molar-refractivity contribution in [1.29, 1.82) is 5.26 Å². The fourth-order valence-corrected chi connectivity index (χ4v) is 3.84. The fourth-order valence-electron chi connectivity index (χ4n) is 2.68. The van der Waals surface area contributed by atoms with Crippen LogP contribution >= 0.6 is 11.8 Å². The second-order valence-electron chi connectivity index (χ2n) is 5.00. The maximum absolute atomic E-state index is 12.4. The number of amides is 1. The Labute approximate surface area is 136 Å². The van der Waals surface area contributed by atoms with E-state index in [2.05, 4.69) is 0 Å². The van der Waals surface area contributed by atoms with Crippen molar-refractivity contribution in [2.45, 2.75) is 18.1 Å². The molecule has 1 fully saturated rings. The average Bonchev–Trinajstić information content (AvgIpc) is 3.16. The summed E-state index contributed by atoms with van der Waals surface area (Å²) in [7, 11) is 1.25. The highest BCUT2D eigenvalue weighted by Gasteiger charge is 2.47.